The van der Waals surface area contributed by atoms with Crippen LogP contribution in [0, 0.1) is 11.8 Å². The van der Waals surface area contributed by atoms with E-state index >= 15 is 0 Å². The van der Waals surface area contributed by atoms with Crippen LogP contribution < -0.4 is 11.1 Å². The minimum Gasteiger partial charge on any atom is -0.508 e. The van der Waals surface area contributed by atoms with Gasteiger partial charge in [0, 0.05) is 23.6 Å². The van der Waals surface area contributed by atoms with Gasteiger partial charge < -0.3 is 36.4 Å². The average Bonchev–Trinajstić information content (AvgIpc) is 2.81. The predicted molar refractivity (Wildman–Crippen MR) is 160 cm³/mol. The van der Waals surface area contributed by atoms with Crippen molar-refractivity contribution in [1.82, 2.24) is 14.8 Å². The summed E-state index contributed by atoms with van der Waals surface area (Å²) in [5.41, 5.74) is 1.76. The van der Waals surface area contributed by atoms with Gasteiger partial charge in [0.25, 0.3) is 5.91 Å². The van der Waals surface area contributed by atoms with Crippen molar-refractivity contribution < 1.29 is 34.8 Å². The summed E-state index contributed by atoms with van der Waals surface area (Å²) < 4.78 is 0. The van der Waals surface area contributed by atoms with Crippen molar-refractivity contribution in [2.24, 2.45) is 17.6 Å². The number of halogens is 4. The van der Waals surface area contributed by atoms with E-state index in [0.717, 1.165) is 13.0 Å². The molecule has 41 heavy (non-hydrogen) atoms. The zero-order valence-corrected chi connectivity index (χ0v) is 26.0. The highest BCUT2D eigenvalue weighted by molar-refractivity contribution is 6.31. The number of nitrogens with zero attached hydrogens (tertiary/aromatic N) is 3. The quantitative estimate of drug-likeness (QED) is 0.142. The molecule has 0 saturated heterocycles. The fourth-order valence-electron chi connectivity index (χ4n) is 5.88. The highest BCUT2D eigenvalue weighted by atomic mass is 35.5. The highest BCUT2D eigenvalue weighted by Crippen LogP contribution is 2.53. The molecule has 1 amide bonds. The first kappa shape index (κ1) is 36.7. The Morgan fingerprint density at radius 2 is 1.76 bits per heavy atom. The molecular weight excluding hydrogens is 624 g/mol. The molecule has 4 atom stereocenters. The van der Waals surface area contributed by atoms with E-state index in [1.165, 1.54) is 4.90 Å². The molecule has 0 aliphatic heterocycles. The molecule has 7 N–H and O–H groups in total. The number of amides is 1. The van der Waals surface area contributed by atoms with Crippen LogP contribution >= 0.6 is 48.8 Å². The number of Topliss-reactive ketones (excluding diaryl/α,β-unsaturated/α-hetero) is 2. The van der Waals surface area contributed by atoms with Gasteiger partial charge in [-0.25, -0.2) is 4.98 Å². The Balaban J connectivity index is 0.00000280. The van der Waals surface area contributed by atoms with Crippen molar-refractivity contribution in [3.05, 3.63) is 33.2 Å². The first-order valence-electron chi connectivity index (χ1n) is 12.2. The van der Waals surface area contributed by atoms with Gasteiger partial charge >= 0.3 is 0 Å². The van der Waals surface area contributed by atoms with Crippen molar-refractivity contribution in [3.8, 4) is 5.75 Å². The van der Waals surface area contributed by atoms with E-state index in [9.17, 15) is 34.8 Å². The van der Waals surface area contributed by atoms with Gasteiger partial charge in [0.15, 0.2) is 23.0 Å². The number of pyridine rings is 1. The third kappa shape index (κ3) is 5.83. The van der Waals surface area contributed by atoms with Gasteiger partial charge in [0.05, 0.1) is 11.6 Å². The molecule has 1 saturated carbocycles. The van der Waals surface area contributed by atoms with E-state index in [2.05, 4.69) is 10.3 Å². The maximum atomic E-state index is 13.9. The summed E-state index contributed by atoms with van der Waals surface area (Å²) in [5, 5.41) is 47.8. The highest BCUT2D eigenvalue weighted by Gasteiger charge is 2.64. The molecule has 230 valence electrons. The van der Waals surface area contributed by atoms with Gasteiger partial charge in [-0.05, 0) is 59.9 Å². The summed E-state index contributed by atoms with van der Waals surface area (Å²) in [6.45, 7) is 1.22. The number of aromatic nitrogens is 1. The van der Waals surface area contributed by atoms with Crippen molar-refractivity contribution in [2.45, 2.75) is 30.9 Å². The van der Waals surface area contributed by atoms with Crippen molar-refractivity contribution >= 4 is 77.9 Å². The van der Waals surface area contributed by atoms with Crippen molar-refractivity contribution in [3.63, 3.8) is 0 Å². The number of likely N-dealkylation sites (N-methyl/N-ethyl adjacent to an activating group) is 1. The number of hydrogen-bond acceptors (Lipinski definition) is 11. The van der Waals surface area contributed by atoms with E-state index in [0.29, 0.717) is 12.1 Å². The fraction of sp³-hybridized carbons (Fsp3) is 0.520. The Morgan fingerprint density at radius 3 is 2.29 bits per heavy atom. The summed E-state index contributed by atoms with van der Waals surface area (Å²) in [6.07, 6.45) is 0.784. The molecule has 0 bridgehead atoms. The minimum absolute atomic E-state index is 0. The van der Waals surface area contributed by atoms with E-state index < -0.39 is 63.8 Å². The third-order valence-corrected chi connectivity index (χ3v) is 7.92. The van der Waals surface area contributed by atoms with Crippen LogP contribution in [0.25, 0.3) is 5.76 Å². The number of aliphatic hydroxyl groups is 3. The molecule has 0 aromatic carbocycles. The van der Waals surface area contributed by atoms with Crippen LogP contribution in [0.1, 0.15) is 24.0 Å². The second-order valence-electron chi connectivity index (χ2n) is 10.5. The first-order valence-corrected chi connectivity index (χ1v) is 12.6. The Labute approximate surface area is 260 Å². The molecule has 0 spiro atoms. The lowest BCUT2D eigenvalue weighted by atomic mass is 9.57. The monoisotopic (exact) mass is 657 g/mol. The number of primary amides is 1. The van der Waals surface area contributed by atoms with Gasteiger partial charge in [0.1, 0.15) is 22.2 Å². The number of aromatic hydroxyl groups is 1. The zero-order chi connectivity index (χ0) is 28.3. The molecule has 1 aromatic rings. The lowest BCUT2D eigenvalue weighted by molar-refractivity contribution is -0.153. The van der Waals surface area contributed by atoms with Crippen LogP contribution in [0.3, 0.4) is 0 Å². The number of carbonyl (C=O) groups excluding carboxylic acids is 3. The molecule has 3 aliphatic rings. The molecule has 12 nitrogen and oxygen atoms in total. The van der Waals surface area contributed by atoms with Crippen LogP contribution in [-0.4, -0.2) is 106 Å². The number of rotatable bonds is 7. The molecule has 0 unspecified atom stereocenters. The maximum absolute atomic E-state index is 13.9. The number of nitrogens with one attached hydrogen (secondary N) is 1. The number of fused-ring (bicyclic) bond motifs is 3. The normalized spacial score (nSPS) is 25.0. The summed E-state index contributed by atoms with van der Waals surface area (Å²) in [7, 11) is 6.93. The van der Waals surface area contributed by atoms with Crippen LogP contribution in [0.4, 0.5) is 5.82 Å². The average molecular weight is 659 g/mol. The fourth-order valence-corrected chi connectivity index (χ4v) is 6.14. The number of ketones is 2. The second kappa shape index (κ2) is 13.3. The number of carbonyl (C=O) groups is 3. The molecule has 16 heteroatoms. The number of aliphatic hydroxyl groups excluding tert-OH is 2. The summed E-state index contributed by atoms with van der Waals surface area (Å²) in [4.78, 5) is 46.7. The smallest absolute Gasteiger partial charge is 0.255 e. The molecular formula is C25H35Cl4N5O7. The Kier molecular flexibility index (Phi) is 11.9. The summed E-state index contributed by atoms with van der Waals surface area (Å²) in [5.74, 6) is -7.17. The maximum Gasteiger partial charge on any atom is 0.255 e. The van der Waals surface area contributed by atoms with Crippen molar-refractivity contribution in [1.29, 1.82) is 0 Å². The summed E-state index contributed by atoms with van der Waals surface area (Å²) >= 11 is 6.46. The molecule has 3 aliphatic carbocycles. The largest absolute Gasteiger partial charge is 0.508 e. The van der Waals surface area contributed by atoms with Gasteiger partial charge in [-0.1, -0.05) is 11.6 Å². The molecule has 1 heterocycles. The molecule has 1 fully saturated rings. The lowest BCUT2D eigenvalue weighted by Gasteiger charge is -2.50. The van der Waals surface area contributed by atoms with Crippen LogP contribution in [0.5, 0.6) is 5.75 Å². The van der Waals surface area contributed by atoms with E-state index in [4.69, 9.17) is 17.3 Å². The number of hydrogen-bond donors (Lipinski definition) is 6. The van der Waals surface area contributed by atoms with E-state index in [1.807, 2.05) is 19.0 Å². The Morgan fingerprint density at radius 1 is 1.15 bits per heavy atom. The predicted octanol–water partition coefficient (Wildman–Crippen LogP) is 1.64. The first-order chi connectivity index (χ1) is 17.7. The van der Waals surface area contributed by atoms with Gasteiger partial charge in [-0.3, -0.25) is 19.3 Å². The molecule has 0 radical (unpaired) electrons. The summed E-state index contributed by atoms with van der Waals surface area (Å²) in [6, 6.07) is -1.15. The topological polar surface area (TPSA) is 190 Å². The van der Waals surface area contributed by atoms with E-state index in [1.54, 1.807) is 14.1 Å². The van der Waals surface area contributed by atoms with Crippen molar-refractivity contribution in [2.75, 3.05) is 46.6 Å². The standard InChI is InChI=1S/C25H32ClN5O7.3ClH/c1-30(2)7-5-6-28-24-19(34)14-11(22(26)29-24)8-10-9-12-16(31(3)4)18(33)15(23(27)37)21(36)25(12,38)20(35)13(10)17(14)32;;;/h10,12,16,32,34,36,38H,5-9H2,1-4H3,(H2,27,37)(H,28,29);3*1H/t10-,12-,16-,25-;;;/m0.../s1. The molecule has 4 rings (SSSR count). The Hall–Kier alpha value is -2.32. The zero-order valence-electron chi connectivity index (χ0n) is 22.8. The van der Waals surface area contributed by atoms with E-state index in [-0.39, 0.29) is 72.2 Å². The Bertz CT molecular complexity index is 1300. The number of nitrogens with two attached hydrogens (primary N) is 1. The number of anilines is 1. The van der Waals surface area contributed by atoms with Gasteiger partial charge in [0.2, 0.25) is 5.78 Å². The van der Waals surface area contributed by atoms with Crippen LogP contribution in [0.15, 0.2) is 16.9 Å². The SMILES string of the molecule is CN(C)CCCNc1nc(Cl)c2c(c1O)C(O)=C1C(=O)[C@]3(O)C(O)=C(C(N)=O)C(=O)[C@@H](N(C)C)[C@@H]3C[C@@H]1C2.Cl.Cl.Cl. The minimum atomic E-state index is -2.69. The second-order valence-corrected chi connectivity index (χ2v) is 10.9. The van der Waals surface area contributed by atoms with Crippen LogP contribution in [0.2, 0.25) is 5.15 Å². The lowest BCUT2D eigenvalue weighted by Crippen LogP contribution is -2.65. The van der Waals surface area contributed by atoms with Gasteiger partial charge in [-0.2, -0.15) is 0 Å². The van der Waals surface area contributed by atoms with Crippen LogP contribution in [-0.2, 0) is 20.8 Å². The molecule has 1 aromatic heterocycles. The third-order valence-electron chi connectivity index (χ3n) is 7.61. The van der Waals surface area contributed by atoms with Gasteiger partial charge in [-0.15, -0.1) is 37.2 Å².